The molecule has 1 fully saturated rings. The Labute approximate surface area is 159 Å². The van der Waals surface area contributed by atoms with Gasteiger partial charge in [0.05, 0.1) is 31.5 Å². The molecule has 154 valence electrons. The summed E-state index contributed by atoms with van der Waals surface area (Å²) in [5.74, 6) is 0.0313. The molecule has 3 rings (SSSR count). The van der Waals surface area contributed by atoms with E-state index in [1.54, 1.807) is 7.11 Å². The third-order valence-corrected chi connectivity index (χ3v) is 6.88. The molecule has 7 nitrogen and oxygen atoms in total. The molecule has 0 aliphatic heterocycles. The van der Waals surface area contributed by atoms with E-state index in [0.29, 0.717) is 31.4 Å². The van der Waals surface area contributed by atoms with Crippen LogP contribution in [0.5, 0.6) is 0 Å². The quantitative estimate of drug-likeness (QED) is 0.449. The lowest BCUT2D eigenvalue weighted by Crippen LogP contribution is -2.54. The summed E-state index contributed by atoms with van der Waals surface area (Å²) in [4.78, 5) is 0. The zero-order valence-electron chi connectivity index (χ0n) is 16.1. The standard InChI is InChI=1S/C20H32O7/c1-26-17-5-11(3-4-15(17)23)19-13-7-16(24)18(27-2)6-12(13)8-20(25,10-22)14(19)9-21/h11,14-15,17,19,21-25H,3-10H2,1-2H3/t11?,14-,15?,17?,19+,20-/m1/s1. The van der Waals surface area contributed by atoms with E-state index in [4.69, 9.17) is 9.47 Å². The van der Waals surface area contributed by atoms with E-state index < -0.39 is 24.2 Å². The van der Waals surface area contributed by atoms with Crippen molar-refractivity contribution in [1.82, 2.24) is 0 Å². The normalized spacial score (nSPS) is 40.1. The Morgan fingerprint density at radius 1 is 1.15 bits per heavy atom. The minimum atomic E-state index is -1.41. The van der Waals surface area contributed by atoms with E-state index >= 15 is 0 Å². The molecule has 6 atom stereocenters. The number of allylic oxidation sites excluding steroid dienone is 2. The first kappa shape index (κ1) is 20.6. The summed E-state index contributed by atoms with van der Waals surface area (Å²) in [6.07, 6.45) is 2.11. The maximum absolute atomic E-state index is 11.1. The van der Waals surface area contributed by atoms with Gasteiger partial charge in [0.1, 0.15) is 11.5 Å². The molecule has 0 heterocycles. The van der Waals surface area contributed by atoms with E-state index in [9.17, 15) is 25.5 Å². The van der Waals surface area contributed by atoms with Crippen molar-refractivity contribution >= 4 is 0 Å². The van der Waals surface area contributed by atoms with Gasteiger partial charge in [-0.2, -0.15) is 0 Å². The summed E-state index contributed by atoms with van der Waals surface area (Å²) < 4.78 is 10.7. The summed E-state index contributed by atoms with van der Waals surface area (Å²) in [7, 11) is 3.09. The Morgan fingerprint density at radius 3 is 2.48 bits per heavy atom. The highest BCUT2D eigenvalue weighted by Gasteiger charge is 2.51. The van der Waals surface area contributed by atoms with Gasteiger partial charge < -0.3 is 35.0 Å². The lowest BCUT2D eigenvalue weighted by Gasteiger charge is -2.50. The molecule has 5 N–H and O–H groups in total. The van der Waals surface area contributed by atoms with E-state index in [1.165, 1.54) is 7.11 Å². The second-order valence-corrected chi connectivity index (χ2v) is 8.22. The molecule has 0 bridgehead atoms. The first-order valence-corrected chi connectivity index (χ1v) is 9.69. The Bertz CT molecular complexity index is 613. The van der Waals surface area contributed by atoms with Crippen LogP contribution in [0.4, 0.5) is 0 Å². The van der Waals surface area contributed by atoms with Gasteiger partial charge in [-0.15, -0.1) is 0 Å². The lowest BCUT2D eigenvalue weighted by atomic mass is 9.58. The SMILES string of the molecule is COC1=C(O)CC2=C(C1)C[C@@](O)(CO)[C@H](CO)[C@H]2C1CCC(O)C(OC)C1. The molecule has 0 aromatic rings. The van der Waals surface area contributed by atoms with Gasteiger partial charge in [0.2, 0.25) is 0 Å². The van der Waals surface area contributed by atoms with Crippen molar-refractivity contribution in [1.29, 1.82) is 0 Å². The molecular weight excluding hydrogens is 352 g/mol. The topological polar surface area (TPSA) is 120 Å². The molecule has 27 heavy (non-hydrogen) atoms. The van der Waals surface area contributed by atoms with Gasteiger partial charge in [-0.1, -0.05) is 11.1 Å². The predicted molar refractivity (Wildman–Crippen MR) is 97.8 cm³/mol. The number of hydrogen-bond acceptors (Lipinski definition) is 7. The third kappa shape index (κ3) is 3.63. The fraction of sp³-hybridized carbons (Fsp3) is 0.800. The number of methoxy groups -OCH3 is 2. The van der Waals surface area contributed by atoms with Gasteiger partial charge >= 0.3 is 0 Å². The van der Waals surface area contributed by atoms with Crippen LogP contribution in [0.15, 0.2) is 22.7 Å². The van der Waals surface area contributed by atoms with E-state index in [2.05, 4.69) is 0 Å². The first-order chi connectivity index (χ1) is 12.9. The summed E-state index contributed by atoms with van der Waals surface area (Å²) in [5, 5.41) is 51.7. The van der Waals surface area contributed by atoms with Gasteiger partial charge in [0.25, 0.3) is 0 Å². The maximum atomic E-state index is 11.1. The molecule has 0 spiro atoms. The average molecular weight is 384 g/mol. The highest BCUT2D eigenvalue weighted by molar-refractivity contribution is 5.36. The minimum absolute atomic E-state index is 0.0794. The Hall–Kier alpha value is -1.12. The van der Waals surface area contributed by atoms with Crippen molar-refractivity contribution in [2.45, 2.75) is 56.3 Å². The van der Waals surface area contributed by atoms with Crippen molar-refractivity contribution in [3.05, 3.63) is 22.7 Å². The van der Waals surface area contributed by atoms with Crippen LogP contribution in [-0.2, 0) is 9.47 Å². The third-order valence-electron chi connectivity index (χ3n) is 6.88. The predicted octanol–water partition coefficient (Wildman–Crippen LogP) is 1.02. The molecule has 0 aromatic heterocycles. The van der Waals surface area contributed by atoms with Crippen LogP contribution in [0.3, 0.4) is 0 Å². The Kier molecular flexibility index (Phi) is 6.17. The first-order valence-electron chi connectivity index (χ1n) is 9.69. The average Bonchev–Trinajstić information content (AvgIpc) is 2.67. The van der Waals surface area contributed by atoms with Crippen molar-refractivity contribution < 1.29 is 35.0 Å². The molecule has 0 radical (unpaired) electrons. The van der Waals surface area contributed by atoms with Gasteiger partial charge in [-0.3, -0.25) is 0 Å². The molecule has 3 aliphatic rings. The van der Waals surface area contributed by atoms with Crippen molar-refractivity contribution in [2.24, 2.45) is 17.8 Å². The van der Waals surface area contributed by atoms with Gasteiger partial charge in [0, 0.05) is 38.9 Å². The summed E-state index contributed by atoms with van der Waals surface area (Å²) in [5.41, 5.74) is 0.584. The molecular formula is C20H32O7. The highest BCUT2D eigenvalue weighted by atomic mass is 16.5. The number of aliphatic hydroxyl groups is 5. The van der Waals surface area contributed by atoms with Gasteiger partial charge in [-0.25, -0.2) is 0 Å². The van der Waals surface area contributed by atoms with Crippen LogP contribution in [0.25, 0.3) is 0 Å². The molecule has 0 amide bonds. The van der Waals surface area contributed by atoms with Crippen LogP contribution in [0, 0.1) is 17.8 Å². The van der Waals surface area contributed by atoms with E-state index in [0.717, 1.165) is 17.6 Å². The molecule has 0 aromatic carbocycles. The van der Waals surface area contributed by atoms with Crippen LogP contribution in [0.1, 0.15) is 38.5 Å². The maximum Gasteiger partial charge on any atom is 0.137 e. The summed E-state index contributed by atoms with van der Waals surface area (Å²) in [6, 6.07) is 0. The number of hydrogen-bond donors (Lipinski definition) is 5. The van der Waals surface area contributed by atoms with Crippen LogP contribution in [0.2, 0.25) is 0 Å². The van der Waals surface area contributed by atoms with Crippen LogP contribution < -0.4 is 0 Å². The highest BCUT2D eigenvalue weighted by Crippen LogP contribution is 2.52. The van der Waals surface area contributed by atoms with Gasteiger partial charge in [0.15, 0.2) is 0 Å². The minimum Gasteiger partial charge on any atom is -0.508 e. The molecule has 0 saturated heterocycles. The molecule has 7 heteroatoms. The molecule has 3 aliphatic carbocycles. The van der Waals surface area contributed by atoms with Crippen LogP contribution in [-0.4, -0.2) is 70.8 Å². The monoisotopic (exact) mass is 384 g/mol. The van der Waals surface area contributed by atoms with E-state index in [1.807, 2.05) is 0 Å². The van der Waals surface area contributed by atoms with Crippen molar-refractivity contribution in [2.75, 3.05) is 27.4 Å². The fourth-order valence-electron chi connectivity index (χ4n) is 5.40. The second-order valence-electron chi connectivity index (χ2n) is 8.22. The van der Waals surface area contributed by atoms with Gasteiger partial charge in [-0.05, 0) is 31.1 Å². The fourth-order valence-corrected chi connectivity index (χ4v) is 5.40. The largest absolute Gasteiger partial charge is 0.508 e. The second kappa shape index (κ2) is 8.09. The smallest absolute Gasteiger partial charge is 0.137 e. The van der Waals surface area contributed by atoms with Crippen molar-refractivity contribution in [3.8, 4) is 0 Å². The summed E-state index contributed by atoms with van der Waals surface area (Å²) >= 11 is 0. The number of aliphatic hydroxyl groups excluding tert-OH is 4. The zero-order valence-corrected chi connectivity index (χ0v) is 16.1. The molecule has 3 unspecified atom stereocenters. The van der Waals surface area contributed by atoms with E-state index in [-0.39, 0.29) is 36.7 Å². The number of ether oxygens (including phenoxy) is 2. The number of rotatable bonds is 5. The summed E-state index contributed by atoms with van der Waals surface area (Å²) in [6.45, 7) is -0.691. The molecule has 1 saturated carbocycles. The zero-order chi connectivity index (χ0) is 19.8. The Balaban J connectivity index is 1.99. The Morgan fingerprint density at radius 2 is 1.89 bits per heavy atom. The van der Waals surface area contributed by atoms with Crippen LogP contribution >= 0.6 is 0 Å². The lowest BCUT2D eigenvalue weighted by molar-refractivity contribution is -0.120. The van der Waals surface area contributed by atoms with Crippen molar-refractivity contribution in [3.63, 3.8) is 0 Å².